The van der Waals surface area contributed by atoms with Gasteiger partial charge in [-0.15, -0.1) is 12.4 Å². The molecule has 0 saturated heterocycles. The highest BCUT2D eigenvalue weighted by Crippen LogP contribution is 2.50. The first-order valence-corrected chi connectivity index (χ1v) is 18.5. The number of halogens is 7. The van der Waals surface area contributed by atoms with Gasteiger partial charge >= 0.3 is 23.7 Å². The quantitative estimate of drug-likeness (QED) is 0.0573. The van der Waals surface area contributed by atoms with Crippen molar-refractivity contribution in [1.82, 2.24) is 30.4 Å². The number of carbonyl (C=O) groups excluding carboxylic acids is 2. The number of hydrogen-bond donors (Lipinski definition) is 5. The van der Waals surface area contributed by atoms with Gasteiger partial charge in [-0.2, -0.15) is 31.4 Å². The number of ether oxygens (including phenoxy) is 1. The summed E-state index contributed by atoms with van der Waals surface area (Å²) in [6.07, 6.45) is 5.44. The van der Waals surface area contributed by atoms with E-state index < -0.39 is 47.3 Å². The van der Waals surface area contributed by atoms with Gasteiger partial charge < -0.3 is 31.1 Å². The molecule has 1 saturated carbocycles. The number of alkyl halides is 6. The van der Waals surface area contributed by atoms with Crippen molar-refractivity contribution < 1.29 is 50.6 Å². The predicted octanol–water partition coefficient (Wildman–Crippen LogP) is 6.16. The molecular weight excluding hydrogens is 810 g/mol. The molecule has 2 aromatic carbocycles. The molecule has 0 spiro atoms. The Bertz CT molecular complexity index is 2030. The second-order valence-corrected chi connectivity index (χ2v) is 14.4. The van der Waals surface area contributed by atoms with E-state index in [1.165, 1.54) is 29.4 Å². The van der Waals surface area contributed by atoms with Crippen molar-refractivity contribution >= 4 is 35.9 Å². The van der Waals surface area contributed by atoms with E-state index in [-0.39, 0.29) is 41.9 Å². The molecule has 0 aliphatic heterocycles. The van der Waals surface area contributed by atoms with Crippen molar-refractivity contribution in [1.29, 1.82) is 0 Å². The minimum absolute atomic E-state index is 0. The summed E-state index contributed by atoms with van der Waals surface area (Å²) in [5, 5.41) is 18.9. The zero-order chi connectivity index (χ0) is 42.3. The Morgan fingerprint density at radius 2 is 1.64 bits per heavy atom. The van der Waals surface area contributed by atoms with Crippen molar-refractivity contribution in [3.05, 3.63) is 78.2 Å². The van der Waals surface area contributed by atoms with E-state index in [9.17, 15) is 40.7 Å². The lowest BCUT2D eigenvalue weighted by Gasteiger charge is -2.28. The summed E-state index contributed by atoms with van der Waals surface area (Å²) < 4.78 is 89.9. The third-order valence-electron chi connectivity index (χ3n) is 9.87. The van der Waals surface area contributed by atoms with Gasteiger partial charge in [0, 0.05) is 48.0 Å². The van der Waals surface area contributed by atoms with Crippen LogP contribution in [0.1, 0.15) is 43.5 Å². The number of aromatic nitrogens is 4. The summed E-state index contributed by atoms with van der Waals surface area (Å²) in [6.45, 7) is 1.93. The standard InChI is InChI=1S/C39H44F6N8O5.ClH/c1-53(2)17-4-18-58-31-16-13-28(22-47-31)27-6-3-5-24(19-27)20-30(49-33(54)26-9-7-23(21-46)8-10-26)34(55)48-29-14-11-25(12-15-29)32-50-35(52-51-32)37(40,41)39(44,45)38(42,43)36(56)57;/h3,5-6,11-16,19,22-23,26,30H,4,7-10,17-18,20-21,46H2,1-2H3,(H,48,55)(H,49,54)(H,56,57)(H,50,51,52);1H/t23?,26?,30-;/m0./s1. The van der Waals surface area contributed by atoms with E-state index in [2.05, 4.69) is 30.6 Å². The lowest BCUT2D eigenvalue weighted by atomic mass is 9.81. The molecule has 1 fully saturated rings. The van der Waals surface area contributed by atoms with E-state index in [0.717, 1.165) is 42.5 Å². The summed E-state index contributed by atoms with van der Waals surface area (Å²) in [6, 6.07) is 15.1. The van der Waals surface area contributed by atoms with Gasteiger partial charge in [0.2, 0.25) is 23.5 Å². The Kier molecular flexibility index (Phi) is 15.5. The second-order valence-electron chi connectivity index (χ2n) is 14.4. The van der Waals surface area contributed by atoms with E-state index in [1.54, 1.807) is 12.3 Å². The molecule has 0 unspecified atom stereocenters. The molecule has 13 nitrogen and oxygen atoms in total. The third kappa shape index (κ3) is 11.1. The number of nitrogens with one attached hydrogen (secondary N) is 3. The lowest BCUT2D eigenvalue weighted by Crippen LogP contribution is -2.56. The van der Waals surface area contributed by atoms with E-state index >= 15 is 0 Å². The van der Waals surface area contributed by atoms with Gasteiger partial charge in [0.1, 0.15) is 6.04 Å². The van der Waals surface area contributed by atoms with Gasteiger partial charge in [-0.05, 0) is 100 Å². The number of H-pyrrole nitrogens is 1. The van der Waals surface area contributed by atoms with Gasteiger partial charge in [0.05, 0.1) is 6.61 Å². The number of rotatable bonds is 18. The van der Waals surface area contributed by atoms with Crippen LogP contribution in [0.3, 0.4) is 0 Å². The van der Waals surface area contributed by atoms with E-state index in [4.69, 9.17) is 15.6 Å². The van der Waals surface area contributed by atoms with Gasteiger partial charge in [-0.1, -0.05) is 24.3 Å². The van der Waals surface area contributed by atoms with Crippen LogP contribution in [-0.4, -0.2) is 99.6 Å². The third-order valence-corrected chi connectivity index (χ3v) is 9.87. The number of nitrogens with zero attached hydrogens (tertiary/aromatic N) is 4. The van der Waals surface area contributed by atoms with Gasteiger partial charge in [-0.3, -0.25) is 14.7 Å². The minimum atomic E-state index is -6.36. The fraction of sp³-hybridized carbons (Fsp3) is 0.436. The number of carbonyl (C=O) groups is 3. The monoisotopic (exact) mass is 854 g/mol. The molecule has 4 aromatic rings. The molecule has 20 heteroatoms. The van der Waals surface area contributed by atoms with Crippen LogP contribution in [0.4, 0.5) is 32.0 Å². The van der Waals surface area contributed by atoms with Crippen molar-refractivity contribution in [2.75, 3.05) is 39.1 Å². The van der Waals surface area contributed by atoms with Gasteiger partial charge in [0.25, 0.3) is 0 Å². The molecule has 0 radical (unpaired) electrons. The fourth-order valence-electron chi connectivity index (χ4n) is 6.41. The van der Waals surface area contributed by atoms with Gasteiger partial charge in [-0.25, -0.2) is 14.8 Å². The van der Waals surface area contributed by atoms with E-state index in [1.807, 2.05) is 44.4 Å². The second kappa shape index (κ2) is 19.7. The van der Waals surface area contributed by atoms with Crippen molar-refractivity contribution in [3.8, 4) is 28.4 Å². The summed E-state index contributed by atoms with van der Waals surface area (Å²) in [5.41, 5.74) is 8.32. The van der Waals surface area contributed by atoms with Crippen LogP contribution in [0, 0.1) is 11.8 Å². The van der Waals surface area contributed by atoms with Crippen LogP contribution in [0.5, 0.6) is 5.88 Å². The highest BCUT2D eigenvalue weighted by molar-refractivity contribution is 5.97. The largest absolute Gasteiger partial charge is 0.478 e. The number of aliphatic carboxylic acids is 1. The molecule has 2 heterocycles. The van der Waals surface area contributed by atoms with Crippen LogP contribution in [0.2, 0.25) is 0 Å². The summed E-state index contributed by atoms with van der Waals surface area (Å²) >= 11 is 0. The Hall–Kier alpha value is -5.27. The van der Waals surface area contributed by atoms with Crippen LogP contribution in [0.15, 0.2) is 66.9 Å². The number of aromatic amines is 1. The Morgan fingerprint density at radius 3 is 2.25 bits per heavy atom. The molecule has 6 N–H and O–H groups in total. The number of benzene rings is 2. The first kappa shape index (κ1) is 46.4. The number of pyridine rings is 1. The SMILES string of the molecule is CN(C)CCCOc1ccc(-c2cccc(C[C@H](NC(=O)C3CCC(CN)CC3)C(=O)Nc3ccc(-c4n[nH]c(C(F)(F)C(F)(F)C(F)(F)C(=O)O)n4)cc3)c2)cn1.Cl. The number of nitrogens with two attached hydrogens (primary N) is 1. The molecule has 5 rings (SSSR count). The number of hydrogen-bond acceptors (Lipinski definition) is 9. The number of carboxylic acids is 1. The molecule has 2 aromatic heterocycles. The maximum atomic E-state index is 14.5. The van der Waals surface area contributed by atoms with Crippen LogP contribution in [0.25, 0.3) is 22.5 Å². The zero-order valence-corrected chi connectivity index (χ0v) is 32.9. The maximum absolute atomic E-state index is 14.5. The average molecular weight is 855 g/mol. The first-order chi connectivity index (χ1) is 27.4. The Balaban J connectivity index is 0.00000769. The van der Waals surface area contributed by atoms with Crippen LogP contribution >= 0.6 is 12.4 Å². The molecule has 1 atom stereocenters. The number of carboxylic acid groups (broad SMARTS) is 1. The lowest BCUT2D eigenvalue weighted by molar-refractivity contribution is -0.311. The van der Waals surface area contributed by atoms with Crippen molar-refractivity contribution in [2.24, 2.45) is 17.6 Å². The predicted molar refractivity (Wildman–Crippen MR) is 208 cm³/mol. The molecule has 59 heavy (non-hydrogen) atoms. The molecule has 2 amide bonds. The van der Waals surface area contributed by atoms with Crippen molar-refractivity contribution in [2.45, 2.75) is 62.3 Å². The molecule has 1 aliphatic carbocycles. The number of amides is 2. The molecule has 320 valence electrons. The highest BCUT2D eigenvalue weighted by atomic mass is 35.5. The summed E-state index contributed by atoms with van der Waals surface area (Å²) in [4.78, 5) is 47.6. The van der Waals surface area contributed by atoms with Gasteiger partial charge in [0.15, 0.2) is 5.82 Å². The molecule has 1 aliphatic rings. The minimum Gasteiger partial charge on any atom is -0.478 e. The molecule has 0 bridgehead atoms. The van der Waals surface area contributed by atoms with E-state index in [0.29, 0.717) is 37.8 Å². The Labute approximate surface area is 341 Å². The highest BCUT2D eigenvalue weighted by Gasteiger charge is 2.77. The van der Waals surface area contributed by atoms with Crippen LogP contribution in [-0.2, 0) is 26.7 Å². The summed E-state index contributed by atoms with van der Waals surface area (Å²) in [7, 11) is 3.97. The first-order valence-electron chi connectivity index (χ1n) is 18.5. The smallest absolute Gasteiger partial charge is 0.411 e. The number of anilines is 1. The maximum Gasteiger partial charge on any atom is 0.411 e. The summed E-state index contributed by atoms with van der Waals surface area (Å²) in [5.74, 6) is -24.6. The Morgan fingerprint density at radius 1 is 0.966 bits per heavy atom. The average Bonchev–Trinajstić information content (AvgIpc) is 3.71. The fourth-order valence-corrected chi connectivity index (χ4v) is 6.41. The van der Waals surface area contributed by atoms with Crippen LogP contribution < -0.4 is 21.1 Å². The normalized spacial score (nSPS) is 16.5. The van der Waals surface area contributed by atoms with Crippen molar-refractivity contribution in [3.63, 3.8) is 0 Å². The molecular formula is C39H45ClF6N8O5. The topological polar surface area (TPSA) is 188 Å². The zero-order valence-electron chi connectivity index (χ0n) is 32.1.